The SMILES string of the molecule is CC(C)N(CCC(=O)O)S(=O)(=O)N1CCOCC1. The largest absolute Gasteiger partial charge is 0.481 e. The van der Waals surface area contributed by atoms with Gasteiger partial charge in [0, 0.05) is 25.7 Å². The van der Waals surface area contributed by atoms with Crippen LogP contribution in [0.15, 0.2) is 0 Å². The highest BCUT2D eigenvalue weighted by Crippen LogP contribution is 2.14. The zero-order valence-corrected chi connectivity index (χ0v) is 11.5. The van der Waals surface area contributed by atoms with Gasteiger partial charge in [-0.3, -0.25) is 4.79 Å². The van der Waals surface area contributed by atoms with Gasteiger partial charge in [0.2, 0.25) is 0 Å². The Labute approximate surface area is 108 Å². The Balaban J connectivity index is 2.78. The first-order valence-electron chi connectivity index (χ1n) is 5.92. The van der Waals surface area contributed by atoms with Gasteiger partial charge >= 0.3 is 5.97 Å². The lowest BCUT2D eigenvalue weighted by Gasteiger charge is -2.33. The van der Waals surface area contributed by atoms with Gasteiger partial charge in [0.25, 0.3) is 10.2 Å². The molecule has 0 aromatic carbocycles. The van der Waals surface area contributed by atoms with E-state index in [-0.39, 0.29) is 19.0 Å². The van der Waals surface area contributed by atoms with Crippen molar-refractivity contribution in [2.24, 2.45) is 0 Å². The minimum atomic E-state index is -3.60. The van der Waals surface area contributed by atoms with Crippen LogP contribution in [0.5, 0.6) is 0 Å². The molecule has 8 heteroatoms. The Hall–Kier alpha value is -0.700. The van der Waals surface area contributed by atoms with Crippen LogP contribution in [0.4, 0.5) is 0 Å². The third kappa shape index (κ3) is 3.91. The standard InChI is InChI=1S/C10H20N2O5S/c1-9(2)12(4-3-10(13)14)18(15,16)11-5-7-17-8-6-11/h9H,3-8H2,1-2H3,(H,13,14). The highest BCUT2D eigenvalue weighted by Gasteiger charge is 2.32. The van der Waals surface area contributed by atoms with Crippen LogP contribution in [-0.2, 0) is 19.7 Å². The third-order valence-electron chi connectivity index (χ3n) is 2.71. The van der Waals surface area contributed by atoms with Gasteiger partial charge in [-0.25, -0.2) is 0 Å². The Morgan fingerprint density at radius 1 is 1.39 bits per heavy atom. The van der Waals surface area contributed by atoms with Crippen molar-refractivity contribution in [3.63, 3.8) is 0 Å². The smallest absolute Gasteiger partial charge is 0.304 e. The molecule has 1 fully saturated rings. The third-order valence-corrected chi connectivity index (χ3v) is 4.93. The first-order valence-corrected chi connectivity index (χ1v) is 7.32. The molecule has 1 N–H and O–H groups in total. The zero-order valence-electron chi connectivity index (χ0n) is 10.7. The maximum atomic E-state index is 12.3. The van der Waals surface area contributed by atoms with Crippen LogP contribution >= 0.6 is 0 Å². The molecule has 0 amide bonds. The van der Waals surface area contributed by atoms with E-state index in [0.29, 0.717) is 26.3 Å². The number of carboxylic acids is 1. The van der Waals surface area contributed by atoms with Crippen LogP contribution < -0.4 is 0 Å². The van der Waals surface area contributed by atoms with Crippen molar-refractivity contribution in [3.8, 4) is 0 Å². The molecular formula is C10H20N2O5S. The van der Waals surface area contributed by atoms with Crippen LogP contribution in [0.25, 0.3) is 0 Å². The normalized spacial score (nSPS) is 18.4. The second kappa shape index (κ2) is 6.46. The topological polar surface area (TPSA) is 87.2 Å². The Morgan fingerprint density at radius 2 is 1.94 bits per heavy atom. The minimum Gasteiger partial charge on any atom is -0.481 e. The molecule has 1 rings (SSSR count). The summed E-state index contributed by atoms with van der Waals surface area (Å²) in [4.78, 5) is 10.6. The number of carboxylic acid groups (broad SMARTS) is 1. The molecule has 0 aromatic heterocycles. The molecule has 0 unspecified atom stereocenters. The predicted octanol–water partition coefficient (Wildman–Crippen LogP) is -0.251. The summed E-state index contributed by atoms with van der Waals surface area (Å²) in [6.07, 6.45) is -0.193. The average Bonchev–Trinajstić information content (AvgIpc) is 2.29. The Bertz CT molecular complexity index is 376. The van der Waals surface area contributed by atoms with Crippen molar-refractivity contribution in [1.82, 2.24) is 8.61 Å². The number of nitrogens with zero attached hydrogens (tertiary/aromatic N) is 2. The Kier molecular flexibility index (Phi) is 5.51. The lowest BCUT2D eigenvalue weighted by molar-refractivity contribution is -0.137. The van der Waals surface area contributed by atoms with Crippen molar-refractivity contribution in [2.75, 3.05) is 32.8 Å². The monoisotopic (exact) mass is 280 g/mol. The summed E-state index contributed by atoms with van der Waals surface area (Å²) in [7, 11) is -3.60. The van der Waals surface area contributed by atoms with Gasteiger partial charge in [0.15, 0.2) is 0 Å². The number of ether oxygens (including phenoxy) is 1. The quantitative estimate of drug-likeness (QED) is 0.725. The zero-order chi connectivity index (χ0) is 13.8. The number of aliphatic carboxylic acids is 1. The highest BCUT2D eigenvalue weighted by molar-refractivity contribution is 7.86. The van der Waals surface area contributed by atoms with Gasteiger partial charge in [-0.2, -0.15) is 17.0 Å². The molecule has 7 nitrogen and oxygen atoms in total. The van der Waals surface area contributed by atoms with Gasteiger partial charge in [0.05, 0.1) is 19.6 Å². The lowest BCUT2D eigenvalue weighted by Crippen LogP contribution is -2.51. The second-order valence-corrected chi connectivity index (χ2v) is 6.25. The van der Waals surface area contributed by atoms with Crippen molar-refractivity contribution < 1.29 is 23.1 Å². The highest BCUT2D eigenvalue weighted by atomic mass is 32.2. The predicted molar refractivity (Wildman–Crippen MR) is 65.4 cm³/mol. The van der Waals surface area contributed by atoms with E-state index in [4.69, 9.17) is 9.84 Å². The molecule has 0 radical (unpaired) electrons. The first kappa shape index (κ1) is 15.4. The molecule has 0 aliphatic carbocycles. The van der Waals surface area contributed by atoms with Gasteiger partial charge in [-0.1, -0.05) is 0 Å². The molecule has 0 atom stereocenters. The summed E-state index contributed by atoms with van der Waals surface area (Å²) in [5.41, 5.74) is 0. The summed E-state index contributed by atoms with van der Waals surface area (Å²) in [6.45, 7) is 4.86. The molecule has 0 bridgehead atoms. The van der Waals surface area contributed by atoms with E-state index in [2.05, 4.69) is 0 Å². The number of hydrogen-bond acceptors (Lipinski definition) is 4. The van der Waals surface area contributed by atoms with Crippen LogP contribution in [0.1, 0.15) is 20.3 Å². The fraction of sp³-hybridized carbons (Fsp3) is 0.900. The van der Waals surface area contributed by atoms with E-state index in [1.54, 1.807) is 13.8 Å². The van der Waals surface area contributed by atoms with Gasteiger partial charge in [-0.15, -0.1) is 0 Å². The van der Waals surface area contributed by atoms with Gasteiger partial charge < -0.3 is 9.84 Å². The van der Waals surface area contributed by atoms with Gasteiger partial charge in [0.1, 0.15) is 0 Å². The summed E-state index contributed by atoms with van der Waals surface area (Å²) in [6, 6.07) is -0.266. The molecule has 1 aliphatic rings. The van der Waals surface area contributed by atoms with Crippen molar-refractivity contribution in [2.45, 2.75) is 26.3 Å². The molecule has 106 valence electrons. The Morgan fingerprint density at radius 3 is 2.39 bits per heavy atom. The summed E-state index contributed by atoms with van der Waals surface area (Å²) < 4.78 is 32.4. The van der Waals surface area contributed by atoms with Crippen molar-refractivity contribution in [3.05, 3.63) is 0 Å². The summed E-state index contributed by atoms with van der Waals surface area (Å²) in [5.74, 6) is -1.00. The van der Waals surface area contributed by atoms with E-state index in [1.165, 1.54) is 8.61 Å². The molecule has 1 heterocycles. The second-order valence-electron chi connectivity index (χ2n) is 4.37. The number of rotatable bonds is 6. The average molecular weight is 280 g/mol. The lowest BCUT2D eigenvalue weighted by atomic mass is 10.3. The maximum Gasteiger partial charge on any atom is 0.304 e. The van der Waals surface area contributed by atoms with Gasteiger partial charge in [-0.05, 0) is 13.8 Å². The number of hydrogen-bond donors (Lipinski definition) is 1. The summed E-state index contributed by atoms with van der Waals surface area (Å²) in [5, 5.41) is 8.67. The van der Waals surface area contributed by atoms with E-state index in [9.17, 15) is 13.2 Å². The fourth-order valence-electron chi connectivity index (χ4n) is 1.77. The molecule has 0 spiro atoms. The number of carbonyl (C=O) groups is 1. The van der Waals surface area contributed by atoms with E-state index < -0.39 is 16.2 Å². The van der Waals surface area contributed by atoms with E-state index in [0.717, 1.165) is 0 Å². The van der Waals surface area contributed by atoms with Crippen molar-refractivity contribution >= 4 is 16.2 Å². The van der Waals surface area contributed by atoms with Crippen LogP contribution in [0, 0.1) is 0 Å². The minimum absolute atomic E-state index is 0.00725. The summed E-state index contributed by atoms with van der Waals surface area (Å²) >= 11 is 0. The molecule has 0 aromatic rings. The van der Waals surface area contributed by atoms with Crippen molar-refractivity contribution in [1.29, 1.82) is 0 Å². The molecule has 1 aliphatic heterocycles. The van der Waals surface area contributed by atoms with E-state index in [1.807, 2.05) is 0 Å². The molecule has 18 heavy (non-hydrogen) atoms. The molecule has 1 saturated heterocycles. The molecule has 0 saturated carbocycles. The fourth-order valence-corrected chi connectivity index (χ4v) is 3.53. The van der Waals surface area contributed by atoms with E-state index >= 15 is 0 Å². The van der Waals surface area contributed by atoms with Crippen LogP contribution in [0.3, 0.4) is 0 Å². The van der Waals surface area contributed by atoms with Crippen LogP contribution in [-0.4, -0.2) is 67.0 Å². The number of morpholine rings is 1. The first-order chi connectivity index (χ1) is 8.35. The van der Waals surface area contributed by atoms with Crippen LogP contribution in [0.2, 0.25) is 0 Å². The molecular weight excluding hydrogens is 260 g/mol. The maximum absolute atomic E-state index is 12.3.